The van der Waals surface area contributed by atoms with Gasteiger partial charge in [-0.15, -0.1) is 0 Å². The molecule has 0 atom stereocenters. The van der Waals surface area contributed by atoms with Gasteiger partial charge in [-0.2, -0.15) is 0 Å². The number of carbonyl (C=O) groups excluding carboxylic acids is 1. The highest BCUT2D eigenvalue weighted by atomic mass is 16.6. The van der Waals surface area contributed by atoms with Gasteiger partial charge in [-0.25, -0.2) is 4.79 Å². The maximum absolute atomic E-state index is 12.9. The molecule has 158 valence electrons. The number of non-ortho nitro benzene ring substituents is 1. The molecule has 31 heavy (non-hydrogen) atoms. The van der Waals surface area contributed by atoms with Crippen LogP contribution in [0.4, 0.5) is 11.5 Å². The van der Waals surface area contributed by atoms with Crippen LogP contribution < -0.4 is 16.6 Å². The molecule has 0 saturated carbocycles. The van der Waals surface area contributed by atoms with E-state index in [-0.39, 0.29) is 22.8 Å². The first-order valence-corrected chi connectivity index (χ1v) is 9.53. The number of fused-ring (bicyclic) bond motifs is 1. The molecule has 1 aliphatic heterocycles. The lowest BCUT2D eigenvalue weighted by Gasteiger charge is -2.11. The molecule has 2 aromatic heterocycles. The Labute approximate surface area is 175 Å². The molecule has 0 unspecified atom stereocenters. The highest BCUT2D eigenvalue weighted by Gasteiger charge is 2.32. The summed E-state index contributed by atoms with van der Waals surface area (Å²) in [7, 11) is 1.34. The second-order valence-electron chi connectivity index (χ2n) is 7.04. The second-order valence-corrected chi connectivity index (χ2v) is 7.04. The van der Waals surface area contributed by atoms with E-state index in [2.05, 4.69) is 5.32 Å². The number of nitro benzene ring substituents is 1. The summed E-state index contributed by atoms with van der Waals surface area (Å²) in [5, 5.41) is 13.7. The third kappa shape index (κ3) is 3.37. The number of allylic oxidation sites excluding steroid dienone is 1. The predicted molar refractivity (Wildman–Crippen MR) is 113 cm³/mol. The minimum Gasteiger partial charge on any atom is -0.457 e. The molecule has 4 rings (SSSR count). The summed E-state index contributed by atoms with van der Waals surface area (Å²) >= 11 is 0. The van der Waals surface area contributed by atoms with Crippen molar-refractivity contribution < 1.29 is 14.1 Å². The highest BCUT2D eigenvalue weighted by Crippen LogP contribution is 2.29. The van der Waals surface area contributed by atoms with E-state index in [9.17, 15) is 24.5 Å². The number of rotatable bonds is 5. The monoisotopic (exact) mass is 422 g/mol. The minimum absolute atomic E-state index is 0.0316. The first-order chi connectivity index (χ1) is 14.8. The molecule has 0 saturated heterocycles. The topological polar surface area (TPSA) is 129 Å². The van der Waals surface area contributed by atoms with Crippen LogP contribution >= 0.6 is 0 Å². The molecule has 0 radical (unpaired) electrons. The zero-order chi connectivity index (χ0) is 22.3. The van der Waals surface area contributed by atoms with Crippen molar-refractivity contribution in [2.75, 3.05) is 5.32 Å². The van der Waals surface area contributed by atoms with Gasteiger partial charge < -0.3 is 9.73 Å². The summed E-state index contributed by atoms with van der Waals surface area (Å²) in [4.78, 5) is 48.1. The van der Waals surface area contributed by atoms with E-state index in [0.717, 1.165) is 4.57 Å². The minimum atomic E-state index is -0.653. The molecule has 0 spiro atoms. The van der Waals surface area contributed by atoms with Crippen LogP contribution in [0.3, 0.4) is 0 Å². The molecule has 3 aromatic rings. The number of nitrogens with zero attached hydrogens (tertiary/aromatic N) is 3. The van der Waals surface area contributed by atoms with Crippen molar-refractivity contribution >= 4 is 23.4 Å². The van der Waals surface area contributed by atoms with Crippen LogP contribution in [-0.4, -0.2) is 19.8 Å². The molecular formula is C21H18N4O6. The molecular weight excluding hydrogens is 404 g/mol. The maximum atomic E-state index is 12.9. The number of Topliss-reactive ketones (excluding diaryl/α,β-unsaturated/α-hetero) is 1. The Bertz CT molecular complexity index is 1360. The standard InChI is InChI=1S/C21H18N4O6/c1-3-10-24-19-17(20(27)23(2)21(24)28)18(26)15(22-19)11-14-8-9-16(31-14)12-4-6-13(7-5-12)25(29)30/h4-9,11,22H,3,10H2,1-2H3/b15-11-. The van der Waals surface area contributed by atoms with Crippen molar-refractivity contribution in [3.05, 3.63) is 84.4 Å². The summed E-state index contributed by atoms with van der Waals surface area (Å²) in [6, 6.07) is 9.19. The average molecular weight is 422 g/mol. The van der Waals surface area contributed by atoms with Crippen LogP contribution in [0.5, 0.6) is 0 Å². The summed E-state index contributed by atoms with van der Waals surface area (Å²) in [5.74, 6) is 0.476. The molecule has 0 fully saturated rings. The van der Waals surface area contributed by atoms with Crippen molar-refractivity contribution in [3.8, 4) is 11.3 Å². The van der Waals surface area contributed by atoms with E-state index in [1.54, 1.807) is 24.3 Å². The predicted octanol–water partition coefficient (Wildman–Crippen LogP) is 2.77. The second kappa shape index (κ2) is 7.56. The van der Waals surface area contributed by atoms with E-state index < -0.39 is 22.0 Å². The summed E-state index contributed by atoms with van der Waals surface area (Å²) in [5.41, 5.74) is -0.508. The van der Waals surface area contributed by atoms with Crippen LogP contribution in [0.1, 0.15) is 29.5 Å². The van der Waals surface area contributed by atoms with Gasteiger partial charge >= 0.3 is 5.69 Å². The number of nitrogens with one attached hydrogen (secondary N) is 1. The summed E-state index contributed by atoms with van der Waals surface area (Å²) < 4.78 is 8.05. The molecule has 10 nitrogen and oxygen atoms in total. The Morgan fingerprint density at radius 3 is 2.48 bits per heavy atom. The third-order valence-electron chi connectivity index (χ3n) is 4.99. The summed E-state index contributed by atoms with van der Waals surface area (Å²) in [6.07, 6.45) is 2.10. The van der Waals surface area contributed by atoms with Crippen LogP contribution in [-0.2, 0) is 13.6 Å². The number of nitro groups is 1. The molecule has 0 aliphatic carbocycles. The van der Waals surface area contributed by atoms with Gasteiger partial charge in [-0.1, -0.05) is 6.92 Å². The Kier molecular flexibility index (Phi) is 4.90. The normalized spacial score (nSPS) is 14.0. The van der Waals surface area contributed by atoms with E-state index in [1.807, 2.05) is 6.92 Å². The van der Waals surface area contributed by atoms with Crippen LogP contribution in [0.25, 0.3) is 17.4 Å². The fraction of sp³-hybridized carbons (Fsp3) is 0.190. The zero-order valence-electron chi connectivity index (χ0n) is 16.7. The lowest BCUT2D eigenvalue weighted by molar-refractivity contribution is -0.384. The van der Waals surface area contributed by atoms with Gasteiger partial charge in [0.05, 0.1) is 10.6 Å². The Balaban J connectivity index is 1.69. The van der Waals surface area contributed by atoms with Crippen molar-refractivity contribution in [1.82, 2.24) is 9.13 Å². The number of aromatic nitrogens is 2. The SMILES string of the molecule is CCCn1c2c(c(=O)n(C)c1=O)C(=O)/C(=C/c1ccc(-c3ccc([N+](=O)[O-])cc3)o1)N2. The summed E-state index contributed by atoms with van der Waals surface area (Å²) in [6.45, 7) is 2.24. The molecule has 1 aliphatic rings. The van der Waals surface area contributed by atoms with Gasteiger partial charge in [0.15, 0.2) is 0 Å². The first-order valence-electron chi connectivity index (χ1n) is 9.53. The quantitative estimate of drug-likeness (QED) is 0.380. The van der Waals surface area contributed by atoms with E-state index in [1.165, 1.54) is 29.8 Å². The van der Waals surface area contributed by atoms with E-state index in [4.69, 9.17) is 4.42 Å². The zero-order valence-corrected chi connectivity index (χ0v) is 16.7. The number of carbonyl (C=O) groups is 1. The Hall–Kier alpha value is -4.21. The van der Waals surface area contributed by atoms with Crippen LogP contribution in [0.2, 0.25) is 0 Å². The first kappa shape index (κ1) is 20.1. The molecule has 0 bridgehead atoms. The number of benzene rings is 1. The maximum Gasteiger partial charge on any atom is 0.332 e. The van der Waals surface area contributed by atoms with E-state index >= 15 is 0 Å². The van der Waals surface area contributed by atoms with Gasteiger partial charge in [0.25, 0.3) is 11.2 Å². The molecule has 1 N–H and O–H groups in total. The van der Waals surface area contributed by atoms with Gasteiger partial charge in [0, 0.05) is 37.4 Å². The Morgan fingerprint density at radius 2 is 1.84 bits per heavy atom. The fourth-order valence-electron chi connectivity index (χ4n) is 3.43. The van der Waals surface area contributed by atoms with Crippen molar-refractivity contribution in [2.45, 2.75) is 19.9 Å². The van der Waals surface area contributed by atoms with Gasteiger partial charge in [0.1, 0.15) is 22.9 Å². The van der Waals surface area contributed by atoms with Crippen LogP contribution in [0, 0.1) is 10.1 Å². The van der Waals surface area contributed by atoms with Gasteiger partial charge in [-0.3, -0.25) is 28.8 Å². The van der Waals surface area contributed by atoms with Crippen molar-refractivity contribution in [1.29, 1.82) is 0 Å². The molecule has 1 aromatic carbocycles. The number of ketones is 1. The Morgan fingerprint density at radius 1 is 1.13 bits per heavy atom. The van der Waals surface area contributed by atoms with Crippen LogP contribution in [0.15, 0.2) is 56.1 Å². The number of hydrogen-bond donors (Lipinski definition) is 1. The van der Waals surface area contributed by atoms with Gasteiger partial charge in [-0.05, 0) is 30.7 Å². The average Bonchev–Trinajstić information content (AvgIpc) is 3.35. The number of hydrogen-bond acceptors (Lipinski definition) is 7. The molecule has 3 heterocycles. The van der Waals surface area contributed by atoms with Gasteiger partial charge in [0.2, 0.25) is 5.78 Å². The van der Waals surface area contributed by atoms with Crippen molar-refractivity contribution in [3.63, 3.8) is 0 Å². The molecule has 10 heteroatoms. The third-order valence-corrected chi connectivity index (χ3v) is 4.99. The molecule has 0 amide bonds. The number of anilines is 1. The smallest absolute Gasteiger partial charge is 0.332 e. The largest absolute Gasteiger partial charge is 0.457 e. The number of furan rings is 1. The fourth-order valence-corrected chi connectivity index (χ4v) is 3.43. The highest BCUT2D eigenvalue weighted by molar-refractivity contribution is 6.19. The van der Waals surface area contributed by atoms with E-state index in [0.29, 0.717) is 30.0 Å². The van der Waals surface area contributed by atoms with Crippen molar-refractivity contribution in [2.24, 2.45) is 7.05 Å². The lowest BCUT2D eigenvalue weighted by atomic mass is 10.1. The lowest BCUT2D eigenvalue weighted by Crippen LogP contribution is -2.40.